The monoisotopic (exact) mass is 664 g/mol. The third-order valence-corrected chi connectivity index (χ3v) is 10.8. The van der Waals surface area contributed by atoms with Crippen LogP contribution in [0, 0.1) is 23.7 Å². The molecule has 262 valence electrons. The van der Waals surface area contributed by atoms with E-state index in [2.05, 4.69) is 49.6 Å². The molecule has 0 heterocycles. The second kappa shape index (κ2) is 19.0. The van der Waals surface area contributed by atoms with E-state index in [9.17, 15) is 18.4 Å². The van der Waals surface area contributed by atoms with Gasteiger partial charge in [-0.3, -0.25) is 0 Å². The van der Waals surface area contributed by atoms with Crippen molar-refractivity contribution in [3.63, 3.8) is 0 Å². The minimum atomic E-state index is -1.55. The van der Waals surface area contributed by atoms with Crippen molar-refractivity contribution in [1.82, 2.24) is 0 Å². The molecule has 0 radical (unpaired) electrons. The summed E-state index contributed by atoms with van der Waals surface area (Å²) in [6.07, 6.45) is 13.6. The molecule has 0 aromatic heterocycles. The summed E-state index contributed by atoms with van der Waals surface area (Å²) in [6.45, 7) is 8.97. The molecular formula is C41H54F2O5. The van der Waals surface area contributed by atoms with E-state index in [0.29, 0.717) is 49.2 Å². The third kappa shape index (κ3) is 11.7. The van der Waals surface area contributed by atoms with Crippen LogP contribution in [0.2, 0.25) is 0 Å². The second-order valence-electron chi connectivity index (χ2n) is 14.2. The average molecular weight is 665 g/mol. The maximum absolute atomic E-state index is 12.3. The van der Waals surface area contributed by atoms with E-state index in [1.165, 1.54) is 41.2 Å². The standard InChI is InChI=1S/C41H54F2O5/c1-28(2)40(45)47-23-21-35(22-24-48-41(46)29(3)27-44)33-15-17-34(18-16-33)37-20-19-36-25-32(13-14-38(36)26-37)12-11-31-9-7-30(8-10-31)5-4-6-39(42)43/h6,13-14,19-20,25-26,30-31,33-35,44H,1,3-5,7-12,15-18,21-24,27H2,2H3. The lowest BCUT2D eigenvalue weighted by Gasteiger charge is -2.34. The number of hydrogen-bond acceptors (Lipinski definition) is 5. The van der Waals surface area contributed by atoms with Crippen LogP contribution >= 0.6 is 0 Å². The molecule has 0 amide bonds. The van der Waals surface area contributed by atoms with Gasteiger partial charge in [0.25, 0.3) is 6.08 Å². The molecule has 2 aromatic carbocycles. The largest absolute Gasteiger partial charge is 0.462 e. The van der Waals surface area contributed by atoms with Gasteiger partial charge >= 0.3 is 11.9 Å². The number of rotatable bonds is 17. The summed E-state index contributed by atoms with van der Waals surface area (Å²) in [7, 11) is 0. The van der Waals surface area contributed by atoms with Crippen LogP contribution in [-0.2, 0) is 25.5 Å². The molecule has 1 atom stereocenters. The van der Waals surface area contributed by atoms with Crippen LogP contribution in [0.15, 0.2) is 72.9 Å². The summed E-state index contributed by atoms with van der Waals surface area (Å²) in [5.41, 5.74) is 3.20. The molecule has 2 fully saturated rings. The minimum Gasteiger partial charge on any atom is -0.462 e. The SMILES string of the molecule is C=C(C)C(=O)OCCC(CCOC(=O)C(=C)CO)C1CCC(c2ccc3cc(CCC4CCC(CCC=C(F)F)CC4)ccc3c2)CC1. The number of hydrogen-bond donors (Lipinski definition) is 1. The van der Waals surface area contributed by atoms with Gasteiger partial charge in [-0.1, -0.05) is 75.2 Å². The fourth-order valence-corrected chi connectivity index (χ4v) is 7.77. The molecule has 1 unspecified atom stereocenters. The first kappa shape index (κ1) is 37.5. The first-order chi connectivity index (χ1) is 23.1. The lowest BCUT2D eigenvalue weighted by molar-refractivity contribution is -0.140. The number of carbonyl (C=O) groups is 2. The molecule has 48 heavy (non-hydrogen) atoms. The Labute approximate surface area is 285 Å². The van der Waals surface area contributed by atoms with Crippen molar-refractivity contribution in [2.24, 2.45) is 23.7 Å². The van der Waals surface area contributed by atoms with Crippen LogP contribution < -0.4 is 0 Å². The summed E-state index contributed by atoms with van der Waals surface area (Å²) < 4.78 is 35.4. The molecule has 0 spiro atoms. The Balaban J connectivity index is 1.26. The van der Waals surface area contributed by atoms with Gasteiger partial charge in [0.15, 0.2) is 0 Å². The van der Waals surface area contributed by atoms with Gasteiger partial charge < -0.3 is 14.6 Å². The molecule has 7 heteroatoms. The molecule has 0 bridgehead atoms. The third-order valence-electron chi connectivity index (χ3n) is 10.8. The minimum absolute atomic E-state index is 0.0465. The number of allylic oxidation sites excluding steroid dienone is 1. The summed E-state index contributed by atoms with van der Waals surface area (Å²) >= 11 is 0. The van der Waals surface area contributed by atoms with E-state index >= 15 is 0 Å². The van der Waals surface area contributed by atoms with E-state index in [1.54, 1.807) is 6.92 Å². The first-order valence-electron chi connectivity index (χ1n) is 17.9. The highest BCUT2D eigenvalue weighted by Crippen LogP contribution is 2.41. The van der Waals surface area contributed by atoms with Crippen molar-refractivity contribution in [2.75, 3.05) is 19.8 Å². The summed E-state index contributed by atoms with van der Waals surface area (Å²) in [6, 6.07) is 13.8. The maximum atomic E-state index is 12.3. The molecular weight excluding hydrogens is 610 g/mol. The number of carbonyl (C=O) groups excluding carboxylic acids is 2. The van der Waals surface area contributed by atoms with E-state index < -0.39 is 18.7 Å². The van der Waals surface area contributed by atoms with E-state index in [1.807, 2.05) is 0 Å². The number of esters is 2. The van der Waals surface area contributed by atoms with Gasteiger partial charge in [0.2, 0.25) is 0 Å². The van der Waals surface area contributed by atoms with Crippen molar-refractivity contribution < 1.29 is 33.0 Å². The van der Waals surface area contributed by atoms with Crippen LogP contribution in [0.5, 0.6) is 0 Å². The molecule has 0 aliphatic heterocycles. The summed E-state index contributed by atoms with van der Waals surface area (Å²) in [4.78, 5) is 23.9. The fraction of sp³-hybridized carbons (Fsp3) is 0.561. The Morgan fingerprint density at radius 1 is 0.854 bits per heavy atom. The predicted molar refractivity (Wildman–Crippen MR) is 188 cm³/mol. The Kier molecular flexibility index (Phi) is 14.9. The van der Waals surface area contributed by atoms with E-state index in [0.717, 1.165) is 63.4 Å². The van der Waals surface area contributed by atoms with Crippen molar-refractivity contribution in [3.05, 3.63) is 84.0 Å². The van der Waals surface area contributed by atoms with Crippen molar-refractivity contribution in [2.45, 2.75) is 103 Å². The van der Waals surface area contributed by atoms with Crippen LogP contribution in [0.4, 0.5) is 8.78 Å². The Morgan fingerprint density at radius 2 is 1.46 bits per heavy atom. The Morgan fingerprint density at radius 3 is 2.08 bits per heavy atom. The number of halogens is 2. The van der Waals surface area contributed by atoms with Gasteiger partial charge in [-0.25, -0.2) is 9.59 Å². The number of aliphatic hydroxyl groups excluding tert-OH is 1. The zero-order valence-electron chi connectivity index (χ0n) is 28.7. The topological polar surface area (TPSA) is 72.8 Å². The zero-order chi connectivity index (χ0) is 34.5. The number of aliphatic hydroxyl groups is 1. The highest BCUT2D eigenvalue weighted by Gasteiger charge is 2.29. The molecule has 4 rings (SSSR count). The van der Waals surface area contributed by atoms with Crippen molar-refractivity contribution >= 4 is 22.7 Å². The number of benzene rings is 2. The van der Waals surface area contributed by atoms with Gasteiger partial charge in [0, 0.05) is 5.57 Å². The zero-order valence-corrected chi connectivity index (χ0v) is 28.7. The predicted octanol–water partition coefficient (Wildman–Crippen LogP) is 10.0. The van der Waals surface area contributed by atoms with Crippen LogP contribution in [0.3, 0.4) is 0 Å². The first-order valence-corrected chi connectivity index (χ1v) is 17.9. The van der Waals surface area contributed by atoms with Gasteiger partial charge in [-0.2, -0.15) is 8.78 Å². The lowest BCUT2D eigenvalue weighted by Crippen LogP contribution is -2.25. The Bertz CT molecular complexity index is 1410. The van der Waals surface area contributed by atoms with Gasteiger partial charge in [0.05, 0.1) is 25.4 Å². The van der Waals surface area contributed by atoms with Crippen molar-refractivity contribution in [1.29, 1.82) is 0 Å². The average Bonchev–Trinajstić information content (AvgIpc) is 3.09. The molecule has 2 aliphatic carbocycles. The number of ether oxygens (including phenoxy) is 2. The molecule has 2 saturated carbocycles. The van der Waals surface area contributed by atoms with Gasteiger partial charge in [-0.15, -0.1) is 0 Å². The van der Waals surface area contributed by atoms with Crippen LogP contribution in [-0.4, -0.2) is 36.9 Å². The highest BCUT2D eigenvalue weighted by atomic mass is 19.3. The van der Waals surface area contributed by atoms with E-state index in [-0.39, 0.29) is 24.1 Å². The van der Waals surface area contributed by atoms with Crippen LogP contribution in [0.25, 0.3) is 10.8 Å². The summed E-state index contributed by atoms with van der Waals surface area (Å²) in [5.74, 6) is 1.57. The molecule has 5 nitrogen and oxygen atoms in total. The highest BCUT2D eigenvalue weighted by molar-refractivity contribution is 5.88. The molecule has 1 N–H and O–H groups in total. The number of fused-ring (bicyclic) bond motifs is 1. The van der Waals surface area contributed by atoms with Gasteiger partial charge in [0.1, 0.15) is 0 Å². The van der Waals surface area contributed by atoms with Gasteiger partial charge in [-0.05, 0) is 129 Å². The normalized spacial score (nSPS) is 21.7. The smallest absolute Gasteiger partial charge is 0.335 e. The van der Waals surface area contributed by atoms with Crippen molar-refractivity contribution in [3.8, 4) is 0 Å². The lowest BCUT2D eigenvalue weighted by atomic mass is 9.72. The van der Waals surface area contributed by atoms with E-state index in [4.69, 9.17) is 14.6 Å². The fourth-order valence-electron chi connectivity index (χ4n) is 7.77. The second-order valence-corrected chi connectivity index (χ2v) is 14.2. The molecule has 0 saturated heterocycles. The molecule has 2 aromatic rings. The molecule has 2 aliphatic rings. The van der Waals surface area contributed by atoms with Crippen LogP contribution in [0.1, 0.15) is 107 Å². The Hall–Kier alpha value is -3.32. The maximum Gasteiger partial charge on any atom is 0.335 e. The summed E-state index contributed by atoms with van der Waals surface area (Å²) in [5, 5.41) is 11.7. The quantitative estimate of drug-likeness (QED) is 0.135. The number of aryl methyl sites for hydroxylation is 1.